The van der Waals surface area contributed by atoms with Gasteiger partial charge in [0, 0.05) is 19.6 Å². The molecule has 0 atom stereocenters. The number of rotatable bonds is 1. The zero-order valence-corrected chi connectivity index (χ0v) is 15.4. The van der Waals surface area contributed by atoms with Crippen LogP contribution in [0.4, 0.5) is 10.6 Å². The van der Waals surface area contributed by atoms with Gasteiger partial charge >= 0.3 is 6.09 Å². The van der Waals surface area contributed by atoms with Crippen LogP contribution >= 0.6 is 11.6 Å². The molecule has 1 amide bonds. The Morgan fingerprint density at radius 3 is 2.62 bits per heavy atom. The maximum absolute atomic E-state index is 12.4. The van der Waals surface area contributed by atoms with Crippen LogP contribution in [0.5, 0.6) is 0 Å². The summed E-state index contributed by atoms with van der Waals surface area (Å²) in [6, 6.07) is 2.08. The highest BCUT2D eigenvalue weighted by Gasteiger charge is 2.39. The van der Waals surface area contributed by atoms with Crippen molar-refractivity contribution in [2.45, 2.75) is 45.8 Å². The highest BCUT2D eigenvalue weighted by atomic mass is 35.5. The van der Waals surface area contributed by atoms with Crippen LogP contribution in [0.25, 0.3) is 0 Å². The third-order valence-electron chi connectivity index (χ3n) is 3.68. The van der Waals surface area contributed by atoms with Crippen LogP contribution in [-0.2, 0) is 4.74 Å². The molecule has 0 spiro atoms. The third kappa shape index (κ3) is 4.06. The van der Waals surface area contributed by atoms with E-state index in [0.717, 1.165) is 0 Å². The molecule has 8 heteroatoms. The van der Waals surface area contributed by atoms with Gasteiger partial charge in [-0.2, -0.15) is 10.2 Å². The van der Waals surface area contributed by atoms with E-state index in [9.17, 15) is 10.1 Å². The van der Waals surface area contributed by atoms with Gasteiger partial charge in [0.2, 0.25) is 5.28 Å². The summed E-state index contributed by atoms with van der Waals surface area (Å²) in [7, 11) is 0. The molecule has 0 aliphatic carbocycles. The van der Waals surface area contributed by atoms with E-state index in [-0.39, 0.29) is 11.4 Å². The molecule has 1 aliphatic heterocycles. The molecule has 1 saturated heterocycles. The monoisotopic (exact) mass is 351 g/mol. The van der Waals surface area contributed by atoms with E-state index in [1.807, 2.05) is 39.5 Å². The Kier molecular flexibility index (Phi) is 4.90. The molecule has 1 aromatic rings. The highest BCUT2D eigenvalue weighted by molar-refractivity contribution is 6.28. The minimum atomic E-state index is -0.543. The number of piperazine rings is 1. The van der Waals surface area contributed by atoms with Crippen LogP contribution in [0.3, 0.4) is 0 Å². The van der Waals surface area contributed by atoms with Gasteiger partial charge < -0.3 is 9.64 Å². The first-order valence-corrected chi connectivity index (χ1v) is 8.09. The molecule has 1 fully saturated rings. The van der Waals surface area contributed by atoms with Crippen LogP contribution in [0, 0.1) is 11.3 Å². The van der Waals surface area contributed by atoms with E-state index >= 15 is 0 Å². The highest BCUT2D eigenvalue weighted by Crippen LogP contribution is 2.28. The van der Waals surface area contributed by atoms with Gasteiger partial charge in [-0.05, 0) is 46.2 Å². The molecule has 2 rings (SSSR count). The molecule has 130 valence electrons. The molecule has 0 bridgehead atoms. The molecule has 0 N–H and O–H groups in total. The topological polar surface area (TPSA) is 82.3 Å². The zero-order chi connectivity index (χ0) is 18.1. The van der Waals surface area contributed by atoms with E-state index in [1.165, 1.54) is 6.20 Å². The van der Waals surface area contributed by atoms with Gasteiger partial charge in [0.15, 0.2) is 5.82 Å². The van der Waals surface area contributed by atoms with Crippen molar-refractivity contribution >= 4 is 23.5 Å². The minimum absolute atomic E-state index is 0.0939. The Labute approximate surface area is 147 Å². The number of ether oxygens (including phenoxy) is 1. The summed E-state index contributed by atoms with van der Waals surface area (Å²) in [6.45, 7) is 11.0. The summed E-state index contributed by atoms with van der Waals surface area (Å²) >= 11 is 5.87. The summed E-state index contributed by atoms with van der Waals surface area (Å²) in [4.78, 5) is 24.1. The van der Waals surface area contributed by atoms with Gasteiger partial charge in [-0.1, -0.05) is 0 Å². The molecule has 0 saturated carbocycles. The Balaban J connectivity index is 2.21. The fourth-order valence-corrected chi connectivity index (χ4v) is 2.79. The quantitative estimate of drug-likeness (QED) is 0.723. The van der Waals surface area contributed by atoms with Crippen LogP contribution < -0.4 is 4.90 Å². The van der Waals surface area contributed by atoms with E-state index in [1.54, 1.807) is 4.90 Å². The summed E-state index contributed by atoms with van der Waals surface area (Å²) in [5.41, 5.74) is -0.663. The smallest absolute Gasteiger partial charge is 0.410 e. The Hall–Kier alpha value is -2.07. The number of hydrogen-bond donors (Lipinski definition) is 0. The Bertz CT molecular complexity index is 678. The Morgan fingerprint density at radius 2 is 2.08 bits per heavy atom. The number of hydrogen-bond acceptors (Lipinski definition) is 6. The van der Waals surface area contributed by atoms with Crippen molar-refractivity contribution in [2.75, 3.05) is 24.5 Å². The standard InChI is InChI=1S/C16H22ClN5O2/c1-15(2,3)24-14(23)22-7-6-21(10-16(22,4)5)12-11(8-18)9-19-13(17)20-12/h9H,6-7,10H2,1-5H3. The molecule has 1 aromatic heterocycles. The molecule has 0 unspecified atom stereocenters. The number of aromatic nitrogens is 2. The maximum Gasteiger partial charge on any atom is 0.410 e. The van der Waals surface area contributed by atoms with Crippen molar-refractivity contribution in [3.05, 3.63) is 17.0 Å². The number of anilines is 1. The lowest BCUT2D eigenvalue weighted by molar-refractivity contribution is 0.000308. The van der Waals surface area contributed by atoms with Crippen molar-refractivity contribution < 1.29 is 9.53 Å². The molecule has 1 aliphatic rings. The van der Waals surface area contributed by atoms with Crippen molar-refractivity contribution in [1.29, 1.82) is 5.26 Å². The SMILES string of the molecule is CC(C)(C)OC(=O)N1CCN(c2nc(Cl)ncc2C#N)CC1(C)C. The maximum atomic E-state index is 12.4. The molecular weight excluding hydrogens is 330 g/mol. The molecule has 0 radical (unpaired) electrons. The molecule has 2 heterocycles. The van der Waals surface area contributed by atoms with E-state index in [4.69, 9.17) is 16.3 Å². The van der Waals surface area contributed by atoms with Gasteiger partial charge in [0.1, 0.15) is 17.2 Å². The summed E-state index contributed by atoms with van der Waals surface area (Å²) in [5.74, 6) is 0.495. The number of halogens is 1. The van der Waals surface area contributed by atoms with Crippen molar-refractivity contribution in [2.24, 2.45) is 0 Å². The van der Waals surface area contributed by atoms with E-state index in [0.29, 0.717) is 31.0 Å². The fraction of sp³-hybridized carbons (Fsp3) is 0.625. The van der Waals surface area contributed by atoms with Gasteiger partial charge in [-0.3, -0.25) is 4.90 Å². The predicted octanol–water partition coefficient (Wildman–Crippen LogP) is 2.84. The lowest BCUT2D eigenvalue weighted by Crippen LogP contribution is -2.62. The van der Waals surface area contributed by atoms with Crippen LogP contribution in [0.15, 0.2) is 6.20 Å². The number of nitrogens with zero attached hydrogens (tertiary/aromatic N) is 5. The summed E-state index contributed by atoms with van der Waals surface area (Å²) in [6.07, 6.45) is 1.08. The minimum Gasteiger partial charge on any atom is -0.444 e. The fourth-order valence-electron chi connectivity index (χ4n) is 2.66. The number of carbonyl (C=O) groups excluding carboxylic acids is 1. The van der Waals surface area contributed by atoms with Crippen molar-refractivity contribution in [3.8, 4) is 6.07 Å². The average Bonchev–Trinajstić information content (AvgIpc) is 2.44. The predicted molar refractivity (Wildman–Crippen MR) is 91.0 cm³/mol. The molecule has 0 aromatic carbocycles. The Morgan fingerprint density at radius 1 is 1.42 bits per heavy atom. The largest absolute Gasteiger partial charge is 0.444 e. The molecule has 7 nitrogen and oxygen atoms in total. The lowest BCUT2D eigenvalue weighted by atomic mass is 9.99. The second-order valence-corrected chi connectivity index (χ2v) is 7.69. The lowest BCUT2D eigenvalue weighted by Gasteiger charge is -2.47. The van der Waals surface area contributed by atoms with Gasteiger partial charge in [0.25, 0.3) is 0 Å². The molecular formula is C16H22ClN5O2. The van der Waals surface area contributed by atoms with Gasteiger partial charge in [-0.25, -0.2) is 9.78 Å². The number of carbonyl (C=O) groups is 1. The summed E-state index contributed by atoms with van der Waals surface area (Å²) in [5, 5.41) is 9.35. The summed E-state index contributed by atoms with van der Waals surface area (Å²) < 4.78 is 5.49. The first kappa shape index (κ1) is 18.3. The van der Waals surface area contributed by atoms with Crippen LogP contribution in [0.1, 0.15) is 40.2 Å². The van der Waals surface area contributed by atoms with Crippen LogP contribution in [0.2, 0.25) is 5.28 Å². The van der Waals surface area contributed by atoms with E-state index < -0.39 is 11.1 Å². The first-order valence-electron chi connectivity index (χ1n) is 7.72. The van der Waals surface area contributed by atoms with Crippen LogP contribution in [-0.4, -0.2) is 51.7 Å². The second kappa shape index (κ2) is 6.44. The zero-order valence-electron chi connectivity index (χ0n) is 14.6. The number of nitriles is 1. The third-order valence-corrected chi connectivity index (χ3v) is 3.86. The van der Waals surface area contributed by atoms with Crippen molar-refractivity contribution in [1.82, 2.24) is 14.9 Å². The number of amides is 1. The molecule has 24 heavy (non-hydrogen) atoms. The van der Waals surface area contributed by atoms with Gasteiger partial charge in [0.05, 0.1) is 11.7 Å². The normalized spacial score (nSPS) is 17.4. The average molecular weight is 352 g/mol. The van der Waals surface area contributed by atoms with Crippen molar-refractivity contribution in [3.63, 3.8) is 0 Å². The second-order valence-electron chi connectivity index (χ2n) is 7.35. The van der Waals surface area contributed by atoms with Gasteiger partial charge in [-0.15, -0.1) is 0 Å². The first-order chi connectivity index (χ1) is 11.0. The van der Waals surface area contributed by atoms with E-state index in [2.05, 4.69) is 16.0 Å².